The molecule has 1 aromatic carbocycles. The summed E-state index contributed by atoms with van der Waals surface area (Å²) >= 11 is 0. The van der Waals surface area contributed by atoms with Crippen molar-refractivity contribution in [1.29, 1.82) is 5.26 Å². The van der Waals surface area contributed by atoms with Gasteiger partial charge >= 0.3 is 6.01 Å². The first-order valence-corrected chi connectivity index (χ1v) is 7.75. The van der Waals surface area contributed by atoms with E-state index in [1.165, 1.54) is 20.3 Å². The monoisotopic (exact) mass is 337 g/mol. The molecule has 0 saturated carbocycles. The van der Waals surface area contributed by atoms with Crippen LogP contribution in [-0.2, 0) is 6.42 Å². The number of hydrogen-bond donors (Lipinski definition) is 0. The third kappa shape index (κ3) is 4.01. The number of nitrogens with zero attached hydrogens (tertiary/aromatic N) is 3. The molecular formula is C19H19N3O3. The number of carbonyl (C=O) groups is 1. The third-order valence-corrected chi connectivity index (χ3v) is 3.61. The Kier molecular flexibility index (Phi) is 5.85. The van der Waals surface area contributed by atoms with Crippen LogP contribution in [0.2, 0.25) is 0 Å². The van der Waals surface area contributed by atoms with Gasteiger partial charge in [-0.05, 0) is 42.7 Å². The van der Waals surface area contributed by atoms with Crippen LogP contribution < -0.4 is 9.47 Å². The molecule has 1 heterocycles. The zero-order chi connectivity index (χ0) is 18.4. The molecule has 2 aromatic rings. The number of nitriles is 1. The zero-order valence-corrected chi connectivity index (χ0v) is 14.7. The summed E-state index contributed by atoms with van der Waals surface area (Å²) in [5, 5.41) is 8.69. The molecule has 0 atom stereocenters. The summed E-state index contributed by atoms with van der Waals surface area (Å²) in [4.78, 5) is 21.4. The molecule has 2 rings (SSSR count). The van der Waals surface area contributed by atoms with Gasteiger partial charge in [0.25, 0.3) is 0 Å². The Bertz CT molecular complexity index is 867. The van der Waals surface area contributed by atoms with Crippen LogP contribution in [0.5, 0.6) is 11.9 Å². The number of aryl methyl sites for hydroxylation is 1. The number of ether oxygens (including phenoxy) is 2. The summed E-state index contributed by atoms with van der Waals surface area (Å²) < 4.78 is 10.4. The fraction of sp³-hybridized carbons (Fsp3) is 0.263. The second kappa shape index (κ2) is 8.06. The molecule has 0 spiro atoms. The maximum absolute atomic E-state index is 13.1. The molecule has 0 saturated heterocycles. The van der Waals surface area contributed by atoms with E-state index >= 15 is 0 Å². The Morgan fingerprint density at radius 2 is 2.00 bits per heavy atom. The molecule has 128 valence electrons. The van der Waals surface area contributed by atoms with E-state index in [2.05, 4.69) is 9.97 Å². The maximum Gasteiger partial charge on any atom is 0.320 e. The Balaban J connectivity index is 2.59. The Labute approximate surface area is 146 Å². The van der Waals surface area contributed by atoms with E-state index in [1.54, 1.807) is 18.2 Å². The predicted octanol–water partition coefficient (Wildman–Crippen LogP) is 3.13. The van der Waals surface area contributed by atoms with Crippen molar-refractivity contribution in [3.05, 3.63) is 52.2 Å². The lowest BCUT2D eigenvalue weighted by Crippen LogP contribution is -2.12. The van der Waals surface area contributed by atoms with Gasteiger partial charge < -0.3 is 9.47 Å². The van der Waals surface area contributed by atoms with Crippen LogP contribution in [0.25, 0.3) is 6.08 Å². The average molecular weight is 337 g/mol. The van der Waals surface area contributed by atoms with Gasteiger partial charge in [-0.2, -0.15) is 15.2 Å². The van der Waals surface area contributed by atoms with Crippen molar-refractivity contribution >= 4 is 11.9 Å². The van der Waals surface area contributed by atoms with E-state index in [0.717, 1.165) is 11.1 Å². The van der Waals surface area contributed by atoms with Crippen molar-refractivity contribution in [2.75, 3.05) is 14.2 Å². The molecular weight excluding hydrogens is 318 g/mol. The highest BCUT2D eigenvalue weighted by molar-refractivity contribution is 6.09. The predicted molar refractivity (Wildman–Crippen MR) is 93.8 cm³/mol. The average Bonchev–Trinajstić information content (AvgIpc) is 2.63. The molecule has 6 heteroatoms. The Morgan fingerprint density at radius 1 is 1.24 bits per heavy atom. The fourth-order valence-electron chi connectivity index (χ4n) is 2.52. The van der Waals surface area contributed by atoms with Gasteiger partial charge in [0.2, 0.25) is 11.7 Å². The fourth-order valence-corrected chi connectivity index (χ4v) is 2.52. The highest BCUT2D eigenvalue weighted by Gasteiger charge is 2.21. The van der Waals surface area contributed by atoms with Gasteiger partial charge in [0.15, 0.2) is 0 Å². The third-order valence-electron chi connectivity index (χ3n) is 3.61. The molecule has 0 aliphatic rings. The SMILES string of the molecule is CCc1c(OC)nc(OC)nc1C(=O)c1cc(C)cc(/C=C\C#N)c1. The van der Waals surface area contributed by atoms with Gasteiger partial charge in [-0.25, -0.2) is 0 Å². The minimum atomic E-state index is -0.244. The second-order valence-electron chi connectivity index (χ2n) is 5.32. The van der Waals surface area contributed by atoms with Gasteiger partial charge in [0.05, 0.1) is 20.3 Å². The van der Waals surface area contributed by atoms with Crippen molar-refractivity contribution < 1.29 is 14.3 Å². The molecule has 0 bridgehead atoms. The Hall–Kier alpha value is -3.20. The van der Waals surface area contributed by atoms with E-state index in [4.69, 9.17) is 14.7 Å². The molecule has 25 heavy (non-hydrogen) atoms. The van der Waals surface area contributed by atoms with Crippen molar-refractivity contribution in [3.8, 4) is 18.0 Å². The quantitative estimate of drug-likeness (QED) is 0.595. The van der Waals surface area contributed by atoms with Gasteiger partial charge in [0.1, 0.15) is 5.69 Å². The first kappa shape index (κ1) is 18.1. The first-order chi connectivity index (χ1) is 12.0. The molecule has 0 N–H and O–H groups in total. The molecule has 0 aliphatic carbocycles. The normalized spacial score (nSPS) is 10.5. The molecule has 0 fully saturated rings. The van der Waals surface area contributed by atoms with E-state index in [1.807, 2.05) is 26.0 Å². The van der Waals surface area contributed by atoms with Crippen LogP contribution >= 0.6 is 0 Å². The van der Waals surface area contributed by atoms with Crippen molar-refractivity contribution in [2.45, 2.75) is 20.3 Å². The number of allylic oxidation sites excluding steroid dienone is 1. The number of aromatic nitrogens is 2. The van der Waals surface area contributed by atoms with Crippen LogP contribution in [-0.4, -0.2) is 30.0 Å². The highest BCUT2D eigenvalue weighted by Crippen LogP contribution is 2.25. The van der Waals surface area contributed by atoms with Gasteiger partial charge in [-0.1, -0.05) is 13.0 Å². The second-order valence-corrected chi connectivity index (χ2v) is 5.32. The number of hydrogen-bond acceptors (Lipinski definition) is 6. The van der Waals surface area contributed by atoms with E-state index in [9.17, 15) is 4.79 Å². The topological polar surface area (TPSA) is 85.1 Å². The standard InChI is InChI=1S/C19H19N3O3/c1-5-15-16(21-19(25-4)22-18(15)24-3)17(23)14-10-12(2)9-13(11-14)7-6-8-20/h6-7,9-11H,5H2,1-4H3/b7-6-. The first-order valence-electron chi connectivity index (χ1n) is 7.75. The minimum Gasteiger partial charge on any atom is -0.481 e. The van der Waals surface area contributed by atoms with E-state index in [-0.39, 0.29) is 17.5 Å². The van der Waals surface area contributed by atoms with Crippen LogP contribution in [0.4, 0.5) is 0 Å². The number of ketones is 1. The largest absolute Gasteiger partial charge is 0.481 e. The number of benzene rings is 1. The molecule has 0 radical (unpaired) electrons. The van der Waals surface area contributed by atoms with Crippen LogP contribution in [0.3, 0.4) is 0 Å². The van der Waals surface area contributed by atoms with E-state index in [0.29, 0.717) is 23.4 Å². The lowest BCUT2D eigenvalue weighted by atomic mass is 9.99. The lowest BCUT2D eigenvalue weighted by Gasteiger charge is -2.12. The van der Waals surface area contributed by atoms with Crippen LogP contribution in [0.1, 0.15) is 39.7 Å². The minimum absolute atomic E-state index is 0.0784. The Morgan fingerprint density at radius 3 is 2.60 bits per heavy atom. The smallest absolute Gasteiger partial charge is 0.320 e. The molecule has 6 nitrogen and oxygen atoms in total. The number of methoxy groups -OCH3 is 2. The zero-order valence-electron chi connectivity index (χ0n) is 14.7. The number of carbonyl (C=O) groups excluding carboxylic acids is 1. The summed E-state index contributed by atoms with van der Waals surface area (Å²) in [6.45, 7) is 3.80. The lowest BCUT2D eigenvalue weighted by molar-refractivity contribution is 0.103. The maximum atomic E-state index is 13.1. The summed E-state index contributed by atoms with van der Waals surface area (Å²) in [6.07, 6.45) is 3.57. The molecule has 0 aliphatic heterocycles. The van der Waals surface area contributed by atoms with Gasteiger partial charge in [-0.3, -0.25) is 4.79 Å². The molecule has 0 unspecified atom stereocenters. The van der Waals surface area contributed by atoms with Gasteiger partial charge in [0, 0.05) is 17.2 Å². The molecule has 1 aromatic heterocycles. The van der Waals surface area contributed by atoms with Crippen molar-refractivity contribution in [3.63, 3.8) is 0 Å². The van der Waals surface area contributed by atoms with Crippen molar-refractivity contribution in [2.24, 2.45) is 0 Å². The molecule has 0 amide bonds. The summed E-state index contributed by atoms with van der Waals surface area (Å²) in [6, 6.07) is 7.43. The summed E-state index contributed by atoms with van der Waals surface area (Å²) in [5.74, 6) is 0.0844. The van der Waals surface area contributed by atoms with E-state index < -0.39 is 0 Å². The van der Waals surface area contributed by atoms with Crippen molar-refractivity contribution in [1.82, 2.24) is 9.97 Å². The number of rotatable bonds is 6. The van der Waals surface area contributed by atoms with Crippen LogP contribution in [0, 0.1) is 18.3 Å². The highest BCUT2D eigenvalue weighted by atomic mass is 16.5. The van der Waals surface area contributed by atoms with Gasteiger partial charge in [-0.15, -0.1) is 0 Å². The summed E-state index contributed by atoms with van der Waals surface area (Å²) in [5.41, 5.74) is 3.05. The van der Waals surface area contributed by atoms with Crippen LogP contribution in [0.15, 0.2) is 24.3 Å². The summed E-state index contributed by atoms with van der Waals surface area (Å²) in [7, 11) is 2.93.